The van der Waals surface area contributed by atoms with Crippen molar-refractivity contribution >= 4 is 17.4 Å². The van der Waals surface area contributed by atoms with Crippen LogP contribution in [0.2, 0.25) is 5.02 Å². The Labute approximate surface area is 155 Å². The standard InChI is InChI=1S/C14H17ClN4.C5H11N/c1-4-16-14-12(9(2)3)17-13(18-19-14)10-5-7-11(15)8-6-10;1-2-4-6-5-3-1/h5-9H,4H2,1-3H3,(H,16,19);6H,1-5H2. The summed E-state index contributed by atoms with van der Waals surface area (Å²) < 4.78 is 0. The van der Waals surface area contributed by atoms with Gasteiger partial charge in [0.1, 0.15) is 0 Å². The molecule has 0 amide bonds. The Morgan fingerprint density at radius 1 is 1.08 bits per heavy atom. The van der Waals surface area contributed by atoms with Crippen molar-refractivity contribution in [3.8, 4) is 11.4 Å². The highest BCUT2D eigenvalue weighted by molar-refractivity contribution is 6.30. The number of nitrogens with one attached hydrogen (secondary N) is 2. The molecule has 2 aromatic rings. The molecule has 3 rings (SSSR count). The molecule has 2 heterocycles. The minimum Gasteiger partial charge on any atom is -0.367 e. The van der Waals surface area contributed by atoms with Crippen LogP contribution in [0.4, 0.5) is 5.82 Å². The van der Waals surface area contributed by atoms with Crippen LogP contribution < -0.4 is 10.6 Å². The minimum absolute atomic E-state index is 0.288. The molecule has 1 aromatic heterocycles. The van der Waals surface area contributed by atoms with Crippen molar-refractivity contribution in [3.05, 3.63) is 35.0 Å². The largest absolute Gasteiger partial charge is 0.367 e. The predicted molar refractivity (Wildman–Crippen MR) is 105 cm³/mol. The van der Waals surface area contributed by atoms with Gasteiger partial charge in [-0.25, -0.2) is 4.98 Å². The molecule has 25 heavy (non-hydrogen) atoms. The van der Waals surface area contributed by atoms with Crippen LogP contribution in [0.15, 0.2) is 24.3 Å². The van der Waals surface area contributed by atoms with Crippen LogP contribution in [0.25, 0.3) is 11.4 Å². The van der Waals surface area contributed by atoms with E-state index in [4.69, 9.17) is 11.6 Å². The van der Waals surface area contributed by atoms with Gasteiger partial charge in [-0.15, -0.1) is 10.2 Å². The Balaban J connectivity index is 0.000000316. The maximum atomic E-state index is 5.88. The number of hydrogen-bond donors (Lipinski definition) is 2. The summed E-state index contributed by atoms with van der Waals surface area (Å²) in [6.07, 6.45) is 4.22. The number of piperidine rings is 1. The first-order valence-corrected chi connectivity index (χ1v) is 9.44. The molecule has 1 aliphatic rings. The molecule has 0 atom stereocenters. The third kappa shape index (κ3) is 6.25. The van der Waals surface area contributed by atoms with Gasteiger partial charge in [0.2, 0.25) is 0 Å². The van der Waals surface area contributed by atoms with E-state index in [1.165, 1.54) is 32.4 Å². The van der Waals surface area contributed by atoms with Gasteiger partial charge in [-0.3, -0.25) is 0 Å². The van der Waals surface area contributed by atoms with Crippen molar-refractivity contribution in [2.45, 2.75) is 46.0 Å². The van der Waals surface area contributed by atoms with Gasteiger partial charge < -0.3 is 10.6 Å². The highest BCUT2D eigenvalue weighted by Crippen LogP contribution is 2.23. The van der Waals surface area contributed by atoms with Crippen LogP contribution >= 0.6 is 11.6 Å². The van der Waals surface area contributed by atoms with E-state index in [2.05, 4.69) is 39.7 Å². The number of anilines is 1. The number of hydrogen-bond acceptors (Lipinski definition) is 5. The summed E-state index contributed by atoms with van der Waals surface area (Å²) in [5, 5.41) is 15.6. The summed E-state index contributed by atoms with van der Waals surface area (Å²) in [7, 11) is 0. The van der Waals surface area contributed by atoms with Gasteiger partial charge in [0.05, 0.1) is 5.69 Å². The maximum Gasteiger partial charge on any atom is 0.182 e. The molecule has 0 radical (unpaired) electrons. The summed E-state index contributed by atoms with van der Waals surface area (Å²) in [6.45, 7) is 9.52. The molecule has 0 bridgehead atoms. The van der Waals surface area contributed by atoms with Gasteiger partial charge in [-0.2, -0.15) is 0 Å². The van der Waals surface area contributed by atoms with E-state index in [1.54, 1.807) is 0 Å². The lowest BCUT2D eigenvalue weighted by Crippen LogP contribution is -2.21. The van der Waals surface area contributed by atoms with E-state index in [1.807, 2.05) is 31.2 Å². The average molecular weight is 362 g/mol. The van der Waals surface area contributed by atoms with Gasteiger partial charge in [-0.1, -0.05) is 31.9 Å². The van der Waals surface area contributed by atoms with Gasteiger partial charge in [0.15, 0.2) is 11.6 Å². The van der Waals surface area contributed by atoms with Crippen molar-refractivity contribution < 1.29 is 0 Å². The fourth-order valence-electron chi connectivity index (χ4n) is 2.56. The molecular weight excluding hydrogens is 334 g/mol. The molecule has 0 aliphatic carbocycles. The van der Waals surface area contributed by atoms with Crippen LogP contribution in [-0.2, 0) is 0 Å². The van der Waals surface area contributed by atoms with Gasteiger partial charge in [0, 0.05) is 17.1 Å². The second kappa shape index (κ2) is 10.3. The monoisotopic (exact) mass is 361 g/mol. The molecule has 0 unspecified atom stereocenters. The number of aromatic nitrogens is 3. The first-order chi connectivity index (χ1) is 12.1. The smallest absolute Gasteiger partial charge is 0.182 e. The lowest BCUT2D eigenvalue weighted by molar-refractivity contribution is 0.520. The van der Waals surface area contributed by atoms with Crippen LogP contribution in [0.3, 0.4) is 0 Å². The summed E-state index contributed by atoms with van der Waals surface area (Å²) in [4.78, 5) is 4.61. The van der Waals surface area contributed by atoms with Gasteiger partial charge >= 0.3 is 0 Å². The second-order valence-electron chi connectivity index (χ2n) is 6.37. The van der Waals surface area contributed by atoms with Crippen LogP contribution in [0, 0.1) is 0 Å². The zero-order chi connectivity index (χ0) is 18.1. The highest BCUT2D eigenvalue weighted by atomic mass is 35.5. The van der Waals surface area contributed by atoms with Crippen molar-refractivity contribution in [1.29, 1.82) is 0 Å². The van der Waals surface area contributed by atoms with E-state index in [0.29, 0.717) is 10.8 Å². The van der Waals surface area contributed by atoms with Crippen molar-refractivity contribution in [1.82, 2.24) is 20.5 Å². The molecule has 1 aromatic carbocycles. The lowest BCUT2D eigenvalue weighted by Gasteiger charge is -2.12. The third-order valence-corrected chi connectivity index (χ3v) is 4.17. The van der Waals surface area contributed by atoms with Crippen molar-refractivity contribution in [2.24, 2.45) is 0 Å². The zero-order valence-electron chi connectivity index (χ0n) is 15.3. The predicted octanol–water partition coefficient (Wildman–Crippen LogP) is 4.51. The summed E-state index contributed by atoms with van der Waals surface area (Å²) in [6, 6.07) is 7.45. The second-order valence-corrected chi connectivity index (χ2v) is 6.81. The topological polar surface area (TPSA) is 62.7 Å². The van der Waals surface area contributed by atoms with E-state index >= 15 is 0 Å². The molecular formula is C19H28ClN5. The summed E-state index contributed by atoms with van der Waals surface area (Å²) in [5.41, 5.74) is 1.85. The van der Waals surface area contributed by atoms with Crippen LogP contribution in [-0.4, -0.2) is 34.8 Å². The molecule has 5 nitrogen and oxygen atoms in total. The summed E-state index contributed by atoms with van der Waals surface area (Å²) >= 11 is 5.88. The fraction of sp³-hybridized carbons (Fsp3) is 0.526. The lowest BCUT2D eigenvalue weighted by atomic mass is 10.1. The minimum atomic E-state index is 0.288. The van der Waals surface area contributed by atoms with Crippen LogP contribution in [0.1, 0.15) is 51.6 Å². The van der Waals surface area contributed by atoms with Crippen LogP contribution in [0.5, 0.6) is 0 Å². The zero-order valence-corrected chi connectivity index (χ0v) is 16.1. The SMILES string of the molecule is C1CCNCC1.CCNc1nnc(-c2ccc(Cl)cc2)nc1C(C)C. The molecule has 1 fully saturated rings. The van der Waals surface area contributed by atoms with E-state index in [-0.39, 0.29) is 5.92 Å². The van der Waals surface area contributed by atoms with E-state index in [9.17, 15) is 0 Å². The molecule has 1 aliphatic heterocycles. The van der Waals surface area contributed by atoms with Crippen molar-refractivity contribution in [3.63, 3.8) is 0 Å². The Morgan fingerprint density at radius 2 is 1.76 bits per heavy atom. The Morgan fingerprint density at radius 3 is 2.24 bits per heavy atom. The summed E-state index contributed by atoms with van der Waals surface area (Å²) in [5.74, 6) is 1.67. The molecule has 1 saturated heterocycles. The molecule has 0 saturated carbocycles. The number of benzene rings is 1. The highest BCUT2D eigenvalue weighted by Gasteiger charge is 2.13. The Hall–Kier alpha value is -1.72. The van der Waals surface area contributed by atoms with Gasteiger partial charge in [-0.05, 0) is 63.0 Å². The molecule has 2 N–H and O–H groups in total. The average Bonchev–Trinajstić information content (AvgIpc) is 2.65. The number of nitrogens with zero attached hydrogens (tertiary/aromatic N) is 3. The van der Waals surface area contributed by atoms with E-state index < -0.39 is 0 Å². The Bertz CT molecular complexity index is 627. The molecule has 136 valence electrons. The first-order valence-electron chi connectivity index (χ1n) is 9.07. The molecule has 6 heteroatoms. The quantitative estimate of drug-likeness (QED) is 0.839. The first kappa shape index (κ1) is 19.6. The van der Waals surface area contributed by atoms with E-state index in [0.717, 1.165) is 23.6 Å². The Kier molecular flexibility index (Phi) is 8.09. The van der Waals surface area contributed by atoms with Gasteiger partial charge in [0.25, 0.3) is 0 Å². The normalized spacial score (nSPS) is 14.0. The molecule has 0 spiro atoms. The number of halogens is 1. The number of rotatable bonds is 4. The third-order valence-electron chi connectivity index (χ3n) is 3.91. The maximum absolute atomic E-state index is 5.88. The van der Waals surface area contributed by atoms with Crippen molar-refractivity contribution in [2.75, 3.05) is 25.0 Å². The fourth-order valence-corrected chi connectivity index (χ4v) is 2.68.